The molecule has 1 atom stereocenters. The van der Waals surface area contributed by atoms with E-state index in [0.717, 1.165) is 5.56 Å². The maximum atomic E-state index is 8.91. The maximum absolute atomic E-state index is 8.91. The first kappa shape index (κ1) is 18.0. The fourth-order valence-electron chi connectivity index (χ4n) is 2.09. The van der Waals surface area contributed by atoms with Crippen LogP contribution in [0.1, 0.15) is 31.9 Å². The molecule has 0 aliphatic heterocycles. The smallest absolute Gasteiger partial charge is 0.191 e. The molecular formula is C17H26N4O. The summed E-state index contributed by atoms with van der Waals surface area (Å²) >= 11 is 0. The highest BCUT2D eigenvalue weighted by atomic mass is 16.5. The lowest BCUT2D eigenvalue weighted by atomic mass is 9.89. The summed E-state index contributed by atoms with van der Waals surface area (Å²) in [5.74, 6) is 0.716. The van der Waals surface area contributed by atoms with Gasteiger partial charge >= 0.3 is 0 Å². The van der Waals surface area contributed by atoms with Crippen molar-refractivity contribution < 1.29 is 4.74 Å². The largest absolute Gasteiger partial charge is 0.379 e. The van der Waals surface area contributed by atoms with Crippen molar-refractivity contribution in [3.05, 3.63) is 35.4 Å². The Kier molecular flexibility index (Phi) is 6.87. The molecule has 5 heteroatoms. The molecule has 120 valence electrons. The molecule has 0 saturated heterocycles. The molecule has 22 heavy (non-hydrogen) atoms. The van der Waals surface area contributed by atoms with Crippen LogP contribution in [0.4, 0.5) is 0 Å². The van der Waals surface area contributed by atoms with E-state index in [1.807, 2.05) is 18.2 Å². The van der Waals surface area contributed by atoms with Gasteiger partial charge in [-0.05, 0) is 23.1 Å². The number of ether oxygens (including phenoxy) is 1. The van der Waals surface area contributed by atoms with Gasteiger partial charge in [-0.2, -0.15) is 5.26 Å². The molecule has 1 aromatic rings. The highest BCUT2D eigenvalue weighted by molar-refractivity contribution is 5.79. The summed E-state index contributed by atoms with van der Waals surface area (Å²) in [6, 6.07) is 9.67. The van der Waals surface area contributed by atoms with Gasteiger partial charge in [-0.1, -0.05) is 32.9 Å². The Hall–Kier alpha value is -2.06. The van der Waals surface area contributed by atoms with Crippen LogP contribution in [-0.2, 0) is 11.3 Å². The minimum Gasteiger partial charge on any atom is -0.379 e. The van der Waals surface area contributed by atoms with Crippen LogP contribution >= 0.6 is 0 Å². The zero-order chi connectivity index (χ0) is 16.6. The summed E-state index contributed by atoms with van der Waals surface area (Å²) in [5.41, 5.74) is 1.76. The van der Waals surface area contributed by atoms with Gasteiger partial charge in [0.15, 0.2) is 5.96 Å². The molecule has 0 spiro atoms. The predicted molar refractivity (Wildman–Crippen MR) is 89.6 cm³/mol. The van der Waals surface area contributed by atoms with Gasteiger partial charge in [-0.15, -0.1) is 0 Å². The normalized spacial score (nSPS) is 13.4. The fraction of sp³-hybridized carbons (Fsp3) is 0.529. The summed E-state index contributed by atoms with van der Waals surface area (Å²) < 4.78 is 5.52. The molecule has 0 saturated carbocycles. The van der Waals surface area contributed by atoms with Crippen LogP contribution < -0.4 is 10.6 Å². The summed E-state index contributed by atoms with van der Waals surface area (Å²) in [7, 11) is 3.46. The molecule has 0 aliphatic rings. The summed E-state index contributed by atoms with van der Waals surface area (Å²) in [4.78, 5) is 4.21. The van der Waals surface area contributed by atoms with Crippen molar-refractivity contribution in [3.8, 4) is 6.07 Å². The van der Waals surface area contributed by atoms with Crippen LogP contribution in [0.3, 0.4) is 0 Å². The Labute approximate surface area is 133 Å². The molecule has 0 radical (unpaired) electrons. The molecule has 0 bridgehead atoms. The number of nitrogens with one attached hydrogen (secondary N) is 2. The fourth-order valence-corrected chi connectivity index (χ4v) is 2.09. The van der Waals surface area contributed by atoms with Crippen LogP contribution in [0.25, 0.3) is 0 Å². The molecule has 1 rings (SSSR count). The van der Waals surface area contributed by atoms with E-state index in [9.17, 15) is 0 Å². The first-order chi connectivity index (χ1) is 10.4. The average molecular weight is 302 g/mol. The summed E-state index contributed by atoms with van der Waals surface area (Å²) in [6.45, 7) is 7.73. The number of methoxy groups -OCH3 is 1. The zero-order valence-corrected chi connectivity index (χ0v) is 14.1. The maximum Gasteiger partial charge on any atom is 0.191 e. The topological polar surface area (TPSA) is 69.4 Å². The third kappa shape index (κ3) is 5.74. The number of aliphatic imine (C=N–C) groups is 1. The Balaban J connectivity index is 2.54. The second-order valence-corrected chi connectivity index (χ2v) is 6.21. The average Bonchev–Trinajstić information content (AvgIpc) is 2.49. The van der Waals surface area contributed by atoms with E-state index in [1.165, 1.54) is 0 Å². The highest BCUT2D eigenvalue weighted by Crippen LogP contribution is 2.20. The van der Waals surface area contributed by atoms with Gasteiger partial charge < -0.3 is 15.4 Å². The van der Waals surface area contributed by atoms with Gasteiger partial charge in [0.2, 0.25) is 0 Å². The molecule has 2 N–H and O–H groups in total. The van der Waals surface area contributed by atoms with Gasteiger partial charge in [0.25, 0.3) is 0 Å². The van der Waals surface area contributed by atoms with E-state index < -0.39 is 0 Å². The number of rotatable bonds is 5. The number of benzene rings is 1. The minimum absolute atomic E-state index is 0.0573. The van der Waals surface area contributed by atoms with Crippen LogP contribution in [0.5, 0.6) is 0 Å². The lowest BCUT2D eigenvalue weighted by Crippen LogP contribution is -2.45. The van der Waals surface area contributed by atoms with Crippen LogP contribution in [0.15, 0.2) is 29.3 Å². The van der Waals surface area contributed by atoms with Crippen molar-refractivity contribution >= 4 is 5.96 Å². The highest BCUT2D eigenvalue weighted by Gasteiger charge is 2.24. The van der Waals surface area contributed by atoms with Crippen LogP contribution in [0.2, 0.25) is 0 Å². The number of hydrogen-bond donors (Lipinski definition) is 2. The molecule has 0 aliphatic carbocycles. The Morgan fingerprint density at radius 1 is 1.36 bits per heavy atom. The summed E-state index contributed by atoms with van der Waals surface area (Å²) in [6.07, 6.45) is 0.0907. The van der Waals surface area contributed by atoms with E-state index in [2.05, 4.69) is 42.5 Å². The van der Waals surface area contributed by atoms with E-state index in [4.69, 9.17) is 10.00 Å². The molecule has 5 nitrogen and oxygen atoms in total. The van der Waals surface area contributed by atoms with Crippen LogP contribution in [0, 0.1) is 16.7 Å². The third-order valence-electron chi connectivity index (χ3n) is 3.44. The molecular weight excluding hydrogens is 276 g/mol. The number of guanidine groups is 1. The third-order valence-corrected chi connectivity index (χ3v) is 3.44. The van der Waals surface area contributed by atoms with E-state index in [-0.39, 0.29) is 11.5 Å². The van der Waals surface area contributed by atoms with Gasteiger partial charge in [-0.3, -0.25) is 4.99 Å². The summed E-state index contributed by atoms with van der Waals surface area (Å²) in [5, 5.41) is 15.4. The van der Waals surface area contributed by atoms with Gasteiger partial charge in [-0.25, -0.2) is 0 Å². The van der Waals surface area contributed by atoms with Gasteiger partial charge in [0.05, 0.1) is 17.7 Å². The Morgan fingerprint density at radius 2 is 2.09 bits per heavy atom. The predicted octanol–water partition coefficient (Wildman–Crippen LogP) is 2.28. The van der Waals surface area contributed by atoms with Crippen molar-refractivity contribution in [2.24, 2.45) is 10.4 Å². The molecule has 0 amide bonds. The quantitative estimate of drug-likeness (QED) is 0.647. The molecule has 1 unspecified atom stereocenters. The molecule has 0 aromatic heterocycles. The SMILES string of the molecule is CN=C(NCc1cccc(C#N)c1)NCC(OC)C(C)(C)C. The lowest BCUT2D eigenvalue weighted by Gasteiger charge is -2.30. The van der Waals surface area contributed by atoms with E-state index >= 15 is 0 Å². The van der Waals surface area contributed by atoms with E-state index in [0.29, 0.717) is 24.6 Å². The first-order valence-electron chi connectivity index (χ1n) is 7.37. The first-order valence-corrected chi connectivity index (χ1v) is 7.37. The molecule has 0 fully saturated rings. The van der Waals surface area contributed by atoms with Gasteiger partial charge in [0.1, 0.15) is 0 Å². The number of hydrogen-bond acceptors (Lipinski definition) is 3. The monoisotopic (exact) mass is 302 g/mol. The van der Waals surface area contributed by atoms with Crippen molar-refractivity contribution in [1.82, 2.24) is 10.6 Å². The van der Waals surface area contributed by atoms with Gasteiger partial charge in [0, 0.05) is 27.2 Å². The van der Waals surface area contributed by atoms with Crippen LogP contribution in [-0.4, -0.2) is 32.8 Å². The standard InChI is InChI=1S/C17H26N4O/c1-17(2,3)15(22-5)12-21-16(19-4)20-11-14-8-6-7-13(9-14)10-18/h6-9,15H,11-12H2,1-5H3,(H2,19,20,21). The number of nitrogens with zero attached hydrogens (tertiary/aromatic N) is 2. The zero-order valence-electron chi connectivity index (χ0n) is 14.1. The molecule has 1 aromatic carbocycles. The second-order valence-electron chi connectivity index (χ2n) is 6.21. The van der Waals surface area contributed by atoms with E-state index in [1.54, 1.807) is 20.2 Å². The molecule has 0 heterocycles. The number of nitriles is 1. The lowest BCUT2D eigenvalue weighted by molar-refractivity contribution is 0.0205. The van der Waals surface area contributed by atoms with Crippen molar-refractivity contribution in [2.45, 2.75) is 33.4 Å². The Bertz CT molecular complexity index is 540. The minimum atomic E-state index is 0.0573. The Morgan fingerprint density at radius 3 is 2.64 bits per heavy atom. The van der Waals surface area contributed by atoms with Crippen molar-refractivity contribution in [3.63, 3.8) is 0 Å². The van der Waals surface area contributed by atoms with Crippen molar-refractivity contribution in [1.29, 1.82) is 5.26 Å². The second kappa shape index (κ2) is 8.40. The van der Waals surface area contributed by atoms with Crippen molar-refractivity contribution in [2.75, 3.05) is 20.7 Å².